The Kier molecular flexibility index (Phi) is 6.57. The Morgan fingerprint density at radius 3 is 2.69 bits per heavy atom. The molecule has 168 valence electrons. The quantitative estimate of drug-likeness (QED) is 0.394. The number of carbonyl (C=O) groups excluding carboxylic acids is 1. The summed E-state index contributed by atoms with van der Waals surface area (Å²) < 4.78 is -0.397. The smallest absolute Gasteiger partial charge is 0.300 e. The summed E-state index contributed by atoms with van der Waals surface area (Å²) in [7, 11) is 0. The largest absolute Gasteiger partial charge is 0.326 e. The van der Waals surface area contributed by atoms with Crippen molar-refractivity contribution in [1.29, 1.82) is 0 Å². The molecule has 8 heteroatoms. The van der Waals surface area contributed by atoms with Crippen LogP contribution in [0.2, 0.25) is 10.0 Å². The summed E-state index contributed by atoms with van der Waals surface area (Å²) in [5.41, 5.74) is 7.73. The summed E-state index contributed by atoms with van der Waals surface area (Å²) >= 11 is 14.0. The lowest BCUT2D eigenvalue weighted by Crippen LogP contribution is -2.39. The van der Waals surface area contributed by atoms with E-state index >= 15 is 0 Å². The molecule has 2 aromatic carbocycles. The van der Waals surface area contributed by atoms with Crippen molar-refractivity contribution in [2.75, 3.05) is 11.4 Å². The number of halogens is 2. The lowest BCUT2D eigenvalue weighted by Gasteiger charge is -2.34. The summed E-state index contributed by atoms with van der Waals surface area (Å²) in [6.07, 6.45) is 1.97. The number of aryl methyl sites for hydroxylation is 1. The molecule has 0 aliphatic carbocycles. The fourth-order valence-corrected chi connectivity index (χ4v) is 5.42. The molecular formula is C24H26Cl2N4OS. The van der Waals surface area contributed by atoms with Crippen LogP contribution in [-0.4, -0.2) is 34.1 Å². The zero-order valence-corrected chi connectivity index (χ0v) is 20.9. The summed E-state index contributed by atoms with van der Waals surface area (Å²) in [4.78, 5) is 19.0. The number of carbonyl (C=O) groups is 1. The molecule has 2 aliphatic heterocycles. The lowest BCUT2D eigenvalue weighted by atomic mass is 9.93. The number of benzene rings is 2. The van der Waals surface area contributed by atoms with E-state index in [1.807, 2.05) is 26.0 Å². The van der Waals surface area contributed by atoms with E-state index in [1.165, 1.54) is 17.3 Å². The molecule has 0 spiro atoms. The van der Waals surface area contributed by atoms with E-state index in [2.05, 4.69) is 47.5 Å². The Morgan fingerprint density at radius 1 is 1.22 bits per heavy atom. The Hall–Kier alpha value is -2.02. The molecule has 32 heavy (non-hydrogen) atoms. The molecule has 0 unspecified atom stereocenters. The maximum absolute atomic E-state index is 11.8. The van der Waals surface area contributed by atoms with Crippen molar-refractivity contribution < 1.29 is 4.79 Å². The highest BCUT2D eigenvalue weighted by Gasteiger charge is 2.35. The van der Waals surface area contributed by atoms with Gasteiger partial charge in [0.05, 0.1) is 15.5 Å². The van der Waals surface area contributed by atoms with E-state index in [9.17, 15) is 4.79 Å². The van der Waals surface area contributed by atoms with Gasteiger partial charge in [-0.15, -0.1) is 0 Å². The van der Waals surface area contributed by atoms with Crippen LogP contribution in [0.4, 0.5) is 10.5 Å². The first-order valence-corrected chi connectivity index (χ1v) is 12.2. The van der Waals surface area contributed by atoms with E-state index in [0.717, 1.165) is 47.7 Å². The third-order valence-corrected chi connectivity index (χ3v) is 6.99. The van der Waals surface area contributed by atoms with Gasteiger partial charge in [0.25, 0.3) is 5.24 Å². The van der Waals surface area contributed by atoms with Gasteiger partial charge in [0.15, 0.2) is 0 Å². The minimum Gasteiger partial charge on any atom is -0.326 e. The molecule has 0 fully saturated rings. The second-order valence-corrected chi connectivity index (χ2v) is 11.2. The molecule has 0 bridgehead atoms. The monoisotopic (exact) mass is 488 g/mol. The molecule has 0 radical (unpaired) electrons. The van der Waals surface area contributed by atoms with Gasteiger partial charge in [0.1, 0.15) is 5.84 Å². The maximum Gasteiger partial charge on any atom is 0.300 e. The molecule has 5 nitrogen and oxygen atoms in total. The molecule has 4 rings (SSSR count). The Morgan fingerprint density at radius 2 is 2.00 bits per heavy atom. The zero-order valence-electron chi connectivity index (χ0n) is 18.6. The molecule has 2 aromatic rings. The summed E-state index contributed by atoms with van der Waals surface area (Å²) in [6.45, 7) is 9.03. The fourth-order valence-electron chi connectivity index (χ4n) is 4.12. The van der Waals surface area contributed by atoms with Crippen LogP contribution in [-0.2, 0) is 6.42 Å². The van der Waals surface area contributed by atoms with Crippen LogP contribution in [0.5, 0.6) is 0 Å². The number of hydrogen-bond donors (Lipinski definition) is 1. The molecule has 1 amide bonds. The predicted molar refractivity (Wildman–Crippen MR) is 137 cm³/mol. The third kappa shape index (κ3) is 4.68. The number of thioether (sulfide) groups is 1. The van der Waals surface area contributed by atoms with Crippen molar-refractivity contribution in [3.63, 3.8) is 0 Å². The van der Waals surface area contributed by atoms with Gasteiger partial charge in [-0.25, -0.2) is 5.43 Å². The number of amidine groups is 1. The number of fused-ring (bicyclic) bond motifs is 1. The number of hydrogen-bond acceptors (Lipinski definition) is 4. The van der Waals surface area contributed by atoms with E-state index in [0.29, 0.717) is 10.0 Å². The third-order valence-electron chi connectivity index (χ3n) is 5.46. The maximum atomic E-state index is 11.8. The van der Waals surface area contributed by atoms with Crippen molar-refractivity contribution in [2.45, 2.75) is 51.3 Å². The molecule has 0 atom stereocenters. The van der Waals surface area contributed by atoms with Crippen molar-refractivity contribution >= 4 is 57.4 Å². The molecule has 0 saturated heterocycles. The number of hydrazone groups is 1. The van der Waals surface area contributed by atoms with E-state index in [4.69, 9.17) is 28.2 Å². The topological polar surface area (TPSA) is 57.1 Å². The Bertz CT molecular complexity index is 1130. The average molecular weight is 489 g/mol. The van der Waals surface area contributed by atoms with Crippen LogP contribution in [0.25, 0.3) is 0 Å². The SMILES string of the molecule is CC(C)/N=C(/c1ccc(Cl)cc1Cl)N1CCCc2cc(C3=NNC(=O)SC3(C)C)ccc21. The van der Waals surface area contributed by atoms with E-state index in [-0.39, 0.29) is 11.3 Å². The first-order chi connectivity index (χ1) is 15.2. The number of nitrogens with one attached hydrogen (secondary N) is 1. The number of anilines is 1. The van der Waals surface area contributed by atoms with Gasteiger partial charge in [-0.05, 0) is 82.0 Å². The van der Waals surface area contributed by atoms with Gasteiger partial charge < -0.3 is 4.90 Å². The van der Waals surface area contributed by atoms with Gasteiger partial charge in [-0.3, -0.25) is 9.79 Å². The second-order valence-electron chi connectivity index (χ2n) is 8.74. The molecule has 0 saturated carbocycles. The van der Waals surface area contributed by atoms with Crippen LogP contribution in [0.15, 0.2) is 46.5 Å². The van der Waals surface area contributed by atoms with Gasteiger partial charge in [0.2, 0.25) is 0 Å². The van der Waals surface area contributed by atoms with Crippen molar-refractivity contribution in [3.05, 3.63) is 63.1 Å². The molecule has 1 N–H and O–H groups in total. The first-order valence-electron chi connectivity index (χ1n) is 10.7. The minimum atomic E-state index is -0.397. The highest BCUT2D eigenvalue weighted by molar-refractivity contribution is 8.15. The molecule has 2 aliphatic rings. The van der Waals surface area contributed by atoms with Crippen LogP contribution in [0.3, 0.4) is 0 Å². The summed E-state index contributed by atoms with van der Waals surface area (Å²) in [5, 5.41) is 5.44. The predicted octanol–water partition coefficient (Wildman–Crippen LogP) is 6.54. The van der Waals surface area contributed by atoms with E-state index in [1.54, 1.807) is 6.07 Å². The van der Waals surface area contributed by atoms with Crippen molar-refractivity contribution in [1.82, 2.24) is 5.43 Å². The van der Waals surface area contributed by atoms with Crippen LogP contribution in [0, 0.1) is 0 Å². The number of rotatable bonds is 3. The van der Waals surface area contributed by atoms with Crippen LogP contribution >= 0.6 is 35.0 Å². The van der Waals surface area contributed by atoms with E-state index < -0.39 is 4.75 Å². The standard InChI is InChI=1S/C24H26Cl2N4OS/c1-14(2)27-22(18-9-8-17(25)13-19(18)26)30-11-5-6-15-12-16(7-10-20(15)30)21-24(3,4)32-23(31)29-28-21/h7-10,12-14H,5-6,11H2,1-4H3,(H,29,31)/b27-22-. The van der Waals surface area contributed by atoms with Gasteiger partial charge in [0, 0.05) is 28.9 Å². The first kappa shape index (κ1) is 23.1. The van der Waals surface area contributed by atoms with Gasteiger partial charge in [-0.2, -0.15) is 5.10 Å². The fraction of sp³-hybridized carbons (Fsp3) is 0.375. The normalized spacial score (nSPS) is 18.3. The molecular weight excluding hydrogens is 463 g/mol. The summed E-state index contributed by atoms with van der Waals surface area (Å²) in [5.74, 6) is 0.855. The average Bonchev–Trinajstić information content (AvgIpc) is 2.71. The summed E-state index contributed by atoms with van der Waals surface area (Å²) in [6, 6.07) is 12.1. The highest BCUT2D eigenvalue weighted by Crippen LogP contribution is 2.36. The number of nitrogens with zero attached hydrogens (tertiary/aromatic N) is 3. The number of amides is 1. The highest BCUT2D eigenvalue weighted by atomic mass is 35.5. The minimum absolute atomic E-state index is 0.111. The van der Waals surface area contributed by atoms with Gasteiger partial charge in [-0.1, -0.05) is 41.0 Å². The lowest BCUT2D eigenvalue weighted by molar-refractivity contribution is 0.260. The Balaban J connectivity index is 1.77. The zero-order chi connectivity index (χ0) is 23.0. The second kappa shape index (κ2) is 9.08. The molecule has 2 heterocycles. The Labute approximate surface area is 203 Å². The van der Waals surface area contributed by atoms with Gasteiger partial charge >= 0.3 is 0 Å². The van der Waals surface area contributed by atoms with Crippen molar-refractivity contribution in [3.8, 4) is 0 Å². The van der Waals surface area contributed by atoms with Crippen LogP contribution < -0.4 is 10.3 Å². The number of aliphatic imine (C=N–C) groups is 1. The van der Waals surface area contributed by atoms with Crippen molar-refractivity contribution in [2.24, 2.45) is 10.1 Å². The molecule has 0 aromatic heterocycles. The van der Waals surface area contributed by atoms with Crippen LogP contribution in [0.1, 0.15) is 50.8 Å².